The Bertz CT molecular complexity index is 300. The highest BCUT2D eigenvalue weighted by atomic mass is 15.2. The topological polar surface area (TPSA) is 29.9 Å². The van der Waals surface area contributed by atoms with Crippen LogP contribution in [0.2, 0.25) is 0 Å². The van der Waals surface area contributed by atoms with E-state index in [1.807, 2.05) is 25.0 Å². The lowest BCUT2D eigenvalue weighted by Crippen LogP contribution is -2.32. The van der Waals surface area contributed by atoms with Crippen LogP contribution in [0.4, 0.5) is 0 Å². The Morgan fingerprint density at radius 2 is 2.06 bits per heavy atom. The van der Waals surface area contributed by atoms with E-state index >= 15 is 0 Å². The zero-order chi connectivity index (χ0) is 12.0. The number of hydrogen-bond acceptors (Lipinski definition) is 2. The summed E-state index contributed by atoms with van der Waals surface area (Å²) in [5, 5.41) is 7.55. The molecule has 0 fully saturated rings. The second kappa shape index (κ2) is 6.04. The lowest BCUT2D eigenvalue weighted by Gasteiger charge is -2.31. The van der Waals surface area contributed by atoms with Crippen molar-refractivity contribution in [3.63, 3.8) is 0 Å². The first kappa shape index (κ1) is 13.2. The molecule has 0 aliphatic carbocycles. The van der Waals surface area contributed by atoms with Crippen LogP contribution in [-0.2, 0) is 13.5 Å². The second-order valence-corrected chi connectivity index (χ2v) is 4.68. The van der Waals surface area contributed by atoms with Gasteiger partial charge in [-0.2, -0.15) is 5.10 Å². The molecule has 0 amide bonds. The molecule has 0 saturated carbocycles. The average Bonchev–Trinajstić information content (AvgIpc) is 2.70. The number of aromatic nitrogens is 2. The third-order valence-corrected chi connectivity index (χ3v) is 3.89. The van der Waals surface area contributed by atoms with Gasteiger partial charge in [0.25, 0.3) is 0 Å². The van der Waals surface area contributed by atoms with Crippen LogP contribution in [0, 0.1) is 5.41 Å². The normalized spacial score (nSPS) is 12.0. The highest BCUT2D eigenvalue weighted by Gasteiger charge is 2.25. The lowest BCUT2D eigenvalue weighted by atomic mass is 9.78. The van der Waals surface area contributed by atoms with E-state index in [1.165, 1.54) is 25.0 Å². The van der Waals surface area contributed by atoms with Crippen LogP contribution in [0.1, 0.15) is 38.8 Å². The third-order valence-electron chi connectivity index (χ3n) is 3.89. The highest BCUT2D eigenvalue weighted by Crippen LogP contribution is 2.31. The minimum absolute atomic E-state index is 0.443. The molecule has 1 heterocycles. The van der Waals surface area contributed by atoms with Gasteiger partial charge in [-0.25, -0.2) is 0 Å². The number of nitrogens with one attached hydrogen (secondary N) is 1. The monoisotopic (exact) mass is 223 g/mol. The van der Waals surface area contributed by atoms with Gasteiger partial charge in [0.1, 0.15) is 0 Å². The molecule has 0 aromatic carbocycles. The van der Waals surface area contributed by atoms with Gasteiger partial charge in [-0.05, 0) is 44.2 Å². The van der Waals surface area contributed by atoms with Gasteiger partial charge in [0.2, 0.25) is 0 Å². The van der Waals surface area contributed by atoms with E-state index in [2.05, 4.69) is 30.3 Å². The minimum Gasteiger partial charge on any atom is -0.319 e. The fourth-order valence-corrected chi connectivity index (χ4v) is 2.36. The summed E-state index contributed by atoms with van der Waals surface area (Å²) in [6.45, 7) is 5.70. The molecule has 0 saturated heterocycles. The first-order valence-corrected chi connectivity index (χ1v) is 6.29. The largest absolute Gasteiger partial charge is 0.319 e. The Morgan fingerprint density at radius 3 is 2.50 bits per heavy atom. The molecule has 0 bridgehead atoms. The average molecular weight is 223 g/mol. The van der Waals surface area contributed by atoms with Crippen molar-refractivity contribution < 1.29 is 0 Å². The molecule has 0 atom stereocenters. The summed E-state index contributed by atoms with van der Waals surface area (Å²) in [4.78, 5) is 0. The van der Waals surface area contributed by atoms with E-state index in [9.17, 15) is 0 Å². The van der Waals surface area contributed by atoms with Crippen LogP contribution in [0.3, 0.4) is 0 Å². The van der Waals surface area contributed by atoms with Gasteiger partial charge in [-0.15, -0.1) is 0 Å². The SMILES string of the molecule is CCC(CC)(CCc1ccnn1C)CNC. The molecular weight excluding hydrogens is 198 g/mol. The number of rotatable bonds is 7. The van der Waals surface area contributed by atoms with E-state index in [0.717, 1.165) is 13.0 Å². The molecular formula is C13H25N3. The zero-order valence-corrected chi connectivity index (χ0v) is 11.1. The van der Waals surface area contributed by atoms with E-state index in [-0.39, 0.29) is 0 Å². The van der Waals surface area contributed by atoms with Gasteiger partial charge in [-0.1, -0.05) is 13.8 Å². The third kappa shape index (κ3) is 3.08. The molecule has 92 valence electrons. The standard InChI is InChI=1S/C13H25N3/c1-5-13(6-2,11-14-3)9-7-12-8-10-15-16(12)4/h8,10,14H,5-7,9,11H2,1-4H3. The van der Waals surface area contributed by atoms with Crippen molar-refractivity contribution in [2.24, 2.45) is 12.5 Å². The molecule has 0 spiro atoms. The maximum absolute atomic E-state index is 4.22. The van der Waals surface area contributed by atoms with Crippen LogP contribution in [0.25, 0.3) is 0 Å². The van der Waals surface area contributed by atoms with E-state index in [4.69, 9.17) is 0 Å². The quantitative estimate of drug-likeness (QED) is 0.769. The number of aryl methyl sites for hydroxylation is 2. The Labute approximate surface area is 99.2 Å². The molecule has 16 heavy (non-hydrogen) atoms. The maximum Gasteiger partial charge on any atom is 0.0492 e. The smallest absolute Gasteiger partial charge is 0.0492 e. The van der Waals surface area contributed by atoms with Gasteiger partial charge >= 0.3 is 0 Å². The van der Waals surface area contributed by atoms with E-state index in [1.54, 1.807) is 0 Å². The van der Waals surface area contributed by atoms with Crippen LogP contribution >= 0.6 is 0 Å². The second-order valence-electron chi connectivity index (χ2n) is 4.68. The number of nitrogens with zero attached hydrogens (tertiary/aromatic N) is 2. The Morgan fingerprint density at radius 1 is 1.38 bits per heavy atom. The number of hydrogen-bond donors (Lipinski definition) is 1. The molecule has 1 aromatic heterocycles. The molecule has 0 aliphatic heterocycles. The van der Waals surface area contributed by atoms with Crippen molar-refractivity contribution in [3.8, 4) is 0 Å². The predicted octanol–water partition coefficient (Wildman–Crippen LogP) is 2.38. The molecule has 3 heteroatoms. The Kier molecular flexibility index (Phi) is 5.00. The van der Waals surface area contributed by atoms with Gasteiger partial charge in [0.05, 0.1) is 0 Å². The summed E-state index contributed by atoms with van der Waals surface area (Å²) in [7, 11) is 4.07. The van der Waals surface area contributed by atoms with Gasteiger partial charge in [0.15, 0.2) is 0 Å². The van der Waals surface area contributed by atoms with Gasteiger partial charge < -0.3 is 5.32 Å². The van der Waals surface area contributed by atoms with Gasteiger partial charge in [0, 0.05) is 25.5 Å². The van der Waals surface area contributed by atoms with Crippen molar-refractivity contribution in [2.75, 3.05) is 13.6 Å². The Balaban J connectivity index is 2.59. The van der Waals surface area contributed by atoms with Crippen molar-refractivity contribution >= 4 is 0 Å². The highest BCUT2D eigenvalue weighted by molar-refractivity contribution is 5.01. The maximum atomic E-state index is 4.22. The first-order chi connectivity index (χ1) is 7.67. The Hall–Kier alpha value is -0.830. The zero-order valence-electron chi connectivity index (χ0n) is 11.1. The fraction of sp³-hybridized carbons (Fsp3) is 0.769. The van der Waals surface area contributed by atoms with Crippen LogP contribution in [0.5, 0.6) is 0 Å². The van der Waals surface area contributed by atoms with Crippen molar-refractivity contribution in [3.05, 3.63) is 18.0 Å². The molecule has 0 radical (unpaired) electrons. The van der Waals surface area contributed by atoms with Crippen LogP contribution in [0.15, 0.2) is 12.3 Å². The fourth-order valence-electron chi connectivity index (χ4n) is 2.36. The molecule has 0 unspecified atom stereocenters. The first-order valence-electron chi connectivity index (χ1n) is 6.29. The minimum atomic E-state index is 0.443. The predicted molar refractivity (Wildman–Crippen MR) is 68.5 cm³/mol. The van der Waals surface area contributed by atoms with Crippen LogP contribution < -0.4 is 5.32 Å². The molecule has 1 aromatic rings. The molecule has 1 N–H and O–H groups in total. The lowest BCUT2D eigenvalue weighted by molar-refractivity contribution is 0.232. The van der Waals surface area contributed by atoms with E-state index < -0.39 is 0 Å². The summed E-state index contributed by atoms with van der Waals surface area (Å²) in [5.74, 6) is 0. The van der Waals surface area contributed by atoms with Crippen LogP contribution in [-0.4, -0.2) is 23.4 Å². The van der Waals surface area contributed by atoms with Crippen molar-refractivity contribution in [2.45, 2.75) is 39.5 Å². The molecule has 0 aliphatic rings. The molecule has 3 nitrogen and oxygen atoms in total. The summed E-state index contributed by atoms with van der Waals surface area (Å²) in [6, 6.07) is 2.12. The summed E-state index contributed by atoms with van der Waals surface area (Å²) >= 11 is 0. The molecule has 1 rings (SSSR count). The van der Waals surface area contributed by atoms with Crippen molar-refractivity contribution in [1.82, 2.24) is 15.1 Å². The summed E-state index contributed by atoms with van der Waals surface area (Å²) < 4.78 is 1.98. The van der Waals surface area contributed by atoms with E-state index in [0.29, 0.717) is 5.41 Å². The van der Waals surface area contributed by atoms with Crippen molar-refractivity contribution in [1.29, 1.82) is 0 Å². The summed E-state index contributed by atoms with van der Waals surface area (Å²) in [6.07, 6.45) is 6.72. The van der Waals surface area contributed by atoms with Gasteiger partial charge in [-0.3, -0.25) is 4.68 Å². The summed E-state index contributed by atoms with van der Waals surface area (Å²) in [5.41, 5.74) is 1.78.